The van der Waals surface area contributed by atoms with Crippen LogP contribution >= 0.6 is 0 Å². The Bertz CT molecular complexity index is 1340. The van der Waals surface area contributed by atoms with Crippen LogP contribution in [0.2, 0.25) is 0 Å². The fourth-order valence-corrected chi connectivity index (χ4v) is 4.82. The van der Waals surface area contributed by atoms with Crippen LogP contribution in [-0.2, 0) is 16.6 Å². The molecule has 0 spiro atoms. The van der Waals surface area contributed by atoms with Gasteiger partial charge in [0.1, 0.15) is 0 Å². The monoisotopic (exact) mass is 470 g/mol. The molecule has 2 heterocycles. The zero-order valence-corrected chi connectivity index (χ0v) is 19.2. The summed E-state index contributed by atoms with van der Waals surface area (Å²) < 4.78 is 42.3. The van der Waals surface area contributed by atoms with Crippen molar-refractivity contribution in [3.8, 4) is 17.3 Å². The lowest BCUT2D eigenvalue weighted by Gasteiger charge is -2.27. The zero-order valence-electron chi connectivity index (χ0n) is 18.4. The van der Waals surface area contributed by atoms with Gasteiger partial charge in [-0.15, -0.1) is 0 Å². The van der Waals surface area contributed by atoms with Crippen LogP contribution in [0.1, 0.15) is 31.9 Å². The van der Waals surface area contributed by atoms with E-state index in [2.05, 4.69) is 4.98 Å². The Balaban J connectivity index is 2.16. The molecule has 0 aliphatic rings. The number of pyridine rings is 1. The van der Waals surface area contributed by atoms with E-state index in [0.29, 0.717) is 5.56 Å². The van der Waals surface area contributed by atoms with Crippen molar-refractivity contribution in [3.05, 3.63) is 71.9 Å². The third-order valence-electron chi connectivity index (χ3n) is 4.71. The van der Waals surface area contributed by atoms with Crippen molar-refractivity contribution < 1.29 is 22.7 Å². The lowest BCUT2D eigenvalue weighted by molar-refractivity contribution is 0.123. The molecular formula is C23H23FN4O4S. The summed E-state index contributed by atoms with van der Waals surface area (Å²) in [6.07, 6.45) is 1.36. The SMILES string of the molecule is CC(C)(C)CN(Cc1cc(-c2cccnc2F)n(S(=O)(=O)c2cccc(C#N)c2)c1)C(=O)O. The summed E-state index contributed by atoms with van der Waals surface area (Å²) in [7, 11) is -4.23. The van der Waals surface area contributed by atoms with Gasteiger partial charge in [0.15, 0.2) is 0 Å². The van der Waals surface area contributed by atoms with E-state index in [4.69, 9.17) is 5.26 Å². The van der Waals surface area contributed by atoms with Gasteiger partial charge in [-0.2, -0.15) is 9.65 Å². The third kappa shape index (κ3) is 5.38. The minimum absolute atomic E-state index is 0.000872. The van der Waals surface area contributed by atoms with Crippen molar-refractivity contribution in [3.63, 3.8) is 0 Å². The summed E-state index contributed by atoms with van der Waals surface area (Å²) >= 11 is 0. The maximum atomic E-state index is 14.5. The predicted octanol–water partition coefficient (Wildman–Crippen LogP) is 4.32. The van der Waals surface area contributed by atoms with Crippen LogP contribution in [0.3, 0.4) is 0 Å². The van der Waals surface area contributed by atoms with Crippen molar-refractivity contribution in [2.75, 3.05) is 6.54 Å². The fourth-order valence-electron chi connectivity index (χ4n) is 3.38. The Morgan fingerprint density at radius 2 is 1.97 bits per heavy atom. The molecule has 0 saturated heterocycles. The van der Waals surface area contributed by atoms with Crippen LogP contribution < -0.4 is 0 Å². The number of benzene rings is 1. The van der Waals surface area contributed by atoms with E-state index < -0.39 is 22.1 Å². The molecule has 33 heavy (non-hydrogen) atoms. The molecular weight excluding hydrogens is 447 g/mol. The van der Waals surface area contributed by atoms with Gasteiger partial charge in [-0.25, -0.2) is 22.2 Å². The number of hydrogen-bond acceptors (Lipinski definition) is 5. The molecule has 0 saturated carbocycles. The number of nitriles is 1. The van der Waals surface area contributed by atoms with Crippen LogP contribution in [0.15, 0.2) is 59.8 Å². The molecule has 0 atom stereocenters. The van der Waals surface area contributed by atoms with Crippen LogP contribution in [0.25, 0.3) is 11.3 Å². The maximum Gasteiger partial charge on any atom is 0.407 e. The smallest absolute Gasteiger partial charge is 0.407 e. The van der Waals surface area contributed by atoms with Gasteiger partial charge in [0.2, 0.25) is 5.95 Å². The number of carboxylic acid groups (broad SMARTS) is 1. The van der Waals surface area contributed by atoms with E-state index >= 15 is 0 Å². The average Bonchev–Trinajstić information content (AvgIpc) is 3.17. The van der Waals surface area contributed by atoms with Crippen molar-refractivity contribution in [2.24, 2.45) is 5.41 Å². The second-order valence-electron chi connectivity index (χ2n) is 8.72. The van der Waals surface area contributed by atoms with Crippen LogP contribution in [-0.4, -0.2) is 40.0 Å². The molecule has 172 valence electrons. The molecule has 0 aliphatic heterocycles. The van der Waals surface area contributed by atoms with E-state index in [-0.39, 0.29) is 40.2 Å². The van der Waals surface area contributed by atoms with Crippen molar-refractivity contribution in [1.29, 1.82) is 5.26 Å². The molecule has 0 unspecified atom stereocenters. The summed E-state index contributed by atoms with van der Waals surface area (Å²) in [5.74, 6) is -0.867. The minimum atomic E-state index is -4.23. The largest absolute Gasteiger partial charge is 0.465 e. The predicted molar refractivity (Wildman–Crippen MR) is 119 cm³/mol. The molecule has 0 radical (unpaired) electrons. The number of rotatable bonds is 6. The Morgan fingerprint density at radius 3 is 2.58 bits per heavy atom. The van der Waals surface area contributed by atoms with E-state index in [1.807, 2.05) is 26.8 Å². The van der Waals surface area contributed by atoms with Crippen molar-refractivity contribution in [1.82, 2.24) is 13.9 Å². The first kappa shape index (κ1) is 23.9. The molecule has 10 heteroatoms. The first-order chi connectivity index (χ1) is 15.4. The Morgan fingerprint density at radius 1 is 1.24 bits per heavy atom. The number of amides is 1. The highest BCUT2D eigenvalue weighted by Crippen LogP contribution is 2.29. The van der Waals surface area contributed by atoms with Gasteiger partial charge in [-0.1, -0.05) is 26.8 Å². The molecule has 8 nitrogen and oxygen atoms in total. The van der Waals surface area contributed by atoms with Gasteiger partial charge in [0, 0.05) is 18.9 Å². The lowest BCUT2D eigenvalue weighted by Crippen LogP contribution is -2.36. The summed E-state index contributed by atoms with van der Waals surface area (Å²) in [5, 5.41) is 18.8. The third-order valence-corrected chi connectivity index (χ3v) is 6.38. The molecule has 3 rings (SSSR count). The normalized spacial score (nSPS) is 11.7. The van der Waals surface area contributed by atoms with E-state index in [1.54, 1.807) is 0 Å². The van der Waals surface area contributed by atoms with Crippen LogP contribution in [0, 0.1) is 22.7 Å². The first-order valence-electron chi connectivity index (χ1n) is 9.98. The van der Waals surface area contributed by atoms with Gasteiger partial charge < -0.3 is 10.0 Å². The average molecular weight is 471 g/mol. The lowest BCUT2D eigenvalue weighted by atomic mass is 9.96. The molecule has 1 amide bonds. The number of aromatic nitrogens is 2. The summed E-state index contributed by atoms with van der Waals surface area (Å²) in [6.45, 7) is 5.77. The number of halogens is 1. The highest BCUT2D eigenvalue weighted by molar-refractivity contribution is 7.90. The number of nitrogens with zero attached hydrogens (tertiary/aromatic N) is 4. The van der Waals surface area contributed by atoms with Crippen LogP contribution in [0.5, 0.6) is 0 Å². The summed E-state index contributed by atoms with van der Waals surface area (Å²) in [6, 6.07) is 11.7. The standard InChI is InChI=1S/C23H23FN4O4S/c1-23(2,3)15-27(22(29)30)13-17-11-20(19-8-5-9-26-21(19)24)28(14-17)33(31,32)18-7-4-6-16(10-18)12-25/h4-11,14H,13,15H2,1-3H3,(H,29,30). The van der Waals surface area contributed by atoms with Gasteiger partial charge in [-0.05, 0) is 47.4 Å². The molecule has 0 aliphatic carbocycles. The Labute approximate surface area is 191 Å². The second kappa shape index (κ2) is 9.03. The van der Waals surface area contributed by atoms with Crippen LogP contribution in [0.4, 0.5) is 9.18 Å². The highest BCUT2D eigenvalue weighted by atomic mass is 32.2. The molecule has 3 aromatic rings. The van der Waals surface area contributed by atoms with Gasteiger partial charge >= 0.3 is 6.09 Å². The Hall–Kier alpha value is -3.71. The molecule has 1 N–H and O–H groups in total. The summed E-state index contributed by atoms with van der Waals surface area (Å²) in [5.41, 5.74) is 0.128. The summed E-state index contributed by atoms with van der Waals surface area (Å²) in [4.78, 5) is 16.4. The molecule has 0 fully saturated rings. The molecule has 2 aromatic heterocycles. The Kier molecular flexibility index (Phi) is 6.56. The first-order valence-corrected chi connectivity index (χ1v) is 11.4. The van der Waals surface area contributed by atoms with Gasteiger partial charge in [0.05, 0.1) is 34.3 Å². The number of hydrogen-bond donors (Lipinski definition) is 1. The number of carbonyl (C=O) groups is 1. The maximum absolute atomic E-state index is 14.5. The zero-order chi connectivity index (χ0) is 24.4. The molecule has 1 aromatic carbocycles. The molecule has 0 bridgehead atoms. The second-order valence-corrected chi connectivity index (χ2v) is 10.5. The van der Waals surface area contributed by atoms with E-state index in [1.165, 1.54) is 59.8 Å². The fraction of sp³-hybridized carbons (Fsp3) is 0.261. The van der Waals surface area contributed by atoms with Gasteiger partial charge in [-0.3, -0.25) is 0 Å². The van der Waals surface area contributed by atoms with Gasteiger partial charge in [0.25, 0.3) is 10.0 Å². The quantitative estimate of drug-likeness (QED) is 0.536. The minimum Gasteiger partial charge on any atom is -0.465 e. The van der Waals surface area contributed by atoms with Crippen molar-refractivity contribution >= 4 is 16.1 Å². The van der Waals surface area contributed by atoms with E-state index in [9.17, 15) is 22.7 Å². The topological polar surface area (TPSA) is 116 Å². The van der Waals surface area contributed by atoms with E-state index in [0.717, 1.165) is 3.97 Å². The van der Waals surface area contributed by atoms with Crippen molar-refractivity contribution in [2.45, 2.75) is 32.2 Å². The highest BCUT2D eigenvalue weighted by Gasteiger charge is 2.26.